The average Bonchev–Trinajstić information content (AvgIpc) is 3.51. The molecule has 4 aromatic rings. The van der Waals surface area contributed by atoms with E-state index in [2.05, 4.69) is 31.0 Å². The minimum absolute atomic E-state index is 0.0232. The number of hydrogen-bond acceptors (Lipinski definition) is 9. The monoisotopic (exact) mass is 630 g/mol. The number of benzene rings is 2. The van der Waals surface area contributed by atoms with Gasteiger partial charge in [-0.2, -0.15) is 9.97 Å². The molecule has 238 valence electrons. The van der Waals surface area contributed by atoms with E-state index in [-0.39, 0.29) is 64.6 Å². The number of fused-ring (bicyclic) bond motifs is 2. The normalized spacial score (nSPS) is 23.3. The van der Waals surface area contributed by atoms with Crippen LogP contribution in [-0.4, -0.2) is 88.6 Å². The summed E-state index contributed by atoms with van der Waals surface area (Å²) in [7, 11) is 0. The fourth-order valence-electron chi connectivity index (χ4n) is 7.88. The summed E-state index contributed by atoms with van der Waals surface area (Å²) in [5.41, 5.74) is -0.704. The first-order chi connectivity index (χ1) is 22.3. The molecule has 9 nitrogen and oxygen atoms in total. The number of pyridine rings is 1. The first-order valence-corrected chi connectivity index (χ1v) is 15.8. The summed E-state index contributed by atoms with van der Waals surface area (Å²) in [6.45, 7) is 3.76. The number of aromatic hydroxyl groups is 1. The Labute approximate surface area is 263 Å². The number of aromatic nitrogens is 3. The highest BCUT2D eigenvalue weighted by molar-refractivity contribution is 6.04. The van der Waals surface area contributed by atoms with E-state index in [1.54, 1.807) is 0 Å². The number of phenols is 1. The second-order valence-corrected chi connectivity index (χ2v) is 12.7. The van der Waals surface area contributed by atoms with Crippen molar-refractivity contribution >= 4 is 27.5 Å². The van der Waals surface area contributed by atoms with Crippen LogP contribution in [0.25, 0.3) is 32.9 Å². The number of piperidine rings is 1. The van der Waals surface area contributed by atoms with Crippen LogP contribution in [-0.2, 0) is 0 Å². The molecule has 0 radical (unpaired) electrons. The second-order valence-electron chi connectivity index (χ2n) is 12.7. The number of anilines is 1. The predicted octanol–water partition coefficient (Wildman–Crippen LogP) is 4.72. The van der Waals surface area contributed by atoms with Crippen LogP contribution in [0.15, 0.2) is 24.3 Å². The van der Waals surface area contributed by atoms with Crippen LogP contribution in [0.3, 0.4) is 0 Å². The highest BCUT2D eigenvalue weighted by Gasteiger charge is 2.49. The van der Waals surface area contributed by atoms with Gasteiger partial charge >= 0.3 is 6.01 Å². The van der Waals surface area contributed by atoms with Gasteiger partial charge in [0.15, 0.2) is 5.82 Å². The Kier molecular flexibility index (Phi) is 7.06. The zero-order valence-corrected chi connectivity index (χ0v) is 25.2. The zero-order chi connectivity index (χ0) is 31.6. The van der Waals surface area contributed by atoms with Crippen LogP contribution in [0.2, 0.25) is 0 Å². The topological polar surface area (TPSA) is 95.9 Å². The molecule has 3 saturated heterocycles. The highest BCUT2D eigenvalue weighted by Crippen LogP contribution is 2.44. The maximum atomic E-state index is 17.0. The van der Waals surface area contributed by atoms with Gasteiger partial charge in [-0.3, -0.25) is 4.90 Å². The number of hydrogen-bond donors (Lipinski definition) is 2. The van der Waals surface area contributed by atoms with Gasteiger partial charge in [-0.05, 0) is 68.9 Å². The first kappa shape index (κ1) is 29.1. The molecule has 2 aromatic carbocycles. The van der Waals surface area contributed by atoms with E-state index in [0.717, 1.165) is 45.3 Å². The van der Waals surface area contributed by atoms with E-state index in [4.69, 9.17) is 20.9 Å². The molecule has 2 atom stereocenters. The molecule has 4 aliphatic heterocycles. The number of nitrogens with zero attached hydrogens (tertiary/aromatic N) is 5. The Morgan fingerprint density at radius 2 is 1.98 bits per heavy atom. The van der Waals surface area contributed by atoms with E-state index >= 15 is 4.39 Å². The molecule has 0 unspecified atom stereocenters. The SMILES string of the molecule is C#Cc1c(F)ccc2cc(O)cc(-c3nc4c5c(nc(OC[C@@]67CCCN6C[C@H](F)C7)nc5c3F)N(C3CCNCC3)CCO4)c12. The molecule has 2 N–H and O–H groups in total. The molecule has 4 aliphatic rings. The lowest BCUT2D eigenvalue weighted by atomic mass is 9.95. The van der Waals surface area contributed by atoms with Gasteiger partial charge < -0.3 is 24.8 Å². The van der Waals surface area contributed by atoms with Crippen LogP contribution >= 0.6 is 0 Å². The van der Waals surface area contributed by atoms with Crippen LogP contribution < -0.4 is 19.7 Å². The van der Waals surface area contributed by atoms with Gasteiger partial charge in [0, 0.05) is 30.0 Å². The second kappa shape index (κ2) is 11.2. The molecule has 6 heterocycles. The number of nitrogens with one attached hydrogen (secondary N) is 1. The maximum Gasteiger partial charge on any atom is 0.319 e. The third kappa shape index (κ3) is 4.67. The zero-order valence-electron chi connectivity index (χ0n) is 25.2. The molecule has 0 amide bonds. The smallest absolute Gasteiger partial charge is 0.319 e. The summed E-state index contributed by atoms with van der Waals surface area (Å²) >= 11 is 0. The number of halogens is 3. The lowest BCUT2D eigenvalue weighted by Crippen LogP contribution is -2.45. The highest BCUT2D eigenvalue weighted by atomic mass is 19.1. The molecule has 8 rings (SSSR count). The molecular formula is C34H33F3N6O3. The van der Waals surface area contributed by atoms with Crippen molar-refractivity contribution in [3.8, 4) is 41.2 Å². The summed E-state index contributed by atoms with van der Waals surface area (Å²) in [5.74, 6) is 1.32. The van der Waals surface area contributed by atoms with E-state index in [1.165, 1.54) is 24.3 Å². The van der Waals surface area contributed by atoms with Gasteiger partial charge in [0.1, 0.15) is 53.4 Å². The molecule has 46 heavy (non-hydrogen) atoms. The van der Waals surface area contributed by atoms with Crippen molar-refractivity contribution < 1.29 is 27.8 Å². The maximum absolute atomic E-state index is 17.0. The summed E-state index contributed by atoms with van der Waals surface area (Å²) in [5, 5.41) is 15.0. The van der Waals surface area contributed by atoms with Gasteiger partial charge in [0.2, 0.25) is 5.88 Å². The quantitative estimate of drug-likeness (QED) is 0.304. The molecule has 12 heteroatoms. The lowest BCUT2D eigenvalue weighted by Gasteiger charge is -2.35. The third-order valence-corrected chi connectivity index (χ3v) is 9.99. The summed E-state index contributed by atoms with van der Waals surface area (Å²) < 4.78 is 58.8. The Hall–Kier alpha value is -4.34. The lowest BCUT2D eigenvalue weighted by molar-refractivity contribution is 0.107. The van der Waals surface area contributed by atoms with Crippen LogP contribution in [0, 0.1) is 24.0 Å². The van der Waals surface area contributed by atoms with Gasteiger partial charge in [0.25, 0.3) is 0 Å². The van der Waals surface area contributed by atoms with Gasteiger partial charge in [-0.1, -0.05) is 12.0 Å². The predicted molar refractivity (Wildman–Crippen MR) is 167 cm³/mol. The van der Waals surface area contributed by atoms with E-state index in [0.29, 0.717) is 36.1 Å². The Balaban J connectivity index is 1.32. The molecular weight excluding hydrogens is 597 g/mol. The molecule has 0 aliphatic carbocycles. The Morgan fingerprint density at radius 1 is 1.13 bits per heavy atom. The van der Waals surface area contributed by atoms with Crippen molar-refractivity contribution in [1.82, 2.24) is 25.2 Å². The largest absolute Gasteiger partial charge is 0.508 e. The number of terminal acetylenes is 1. The minimum atomic E-state index is -0.929. The van der Waals surface area contributed by atoms with Gasteiger partial charge in [-0.25, -0.2) is 18.2 Å². The average molecular weight is 631 g/mol. The van der Waals surface area contributed by atoms with Crippen molar-refractivity contribution in [2.24, 2.45) is 0 Å². The summed E-state index contributed by atoms with van der Waals surface area (Å²) in [6, 6.07) is 5.52. The molecule has 3 fully saturated rings. The number of ether oxygens (including phenoxy) is 2. The number of phenolic OH excluding ortho intramolecular Hbond substituents is 1. The van der Waals surface area contributed by atoms with Crippen molar-refractivity contribution in [1.29, 1.82) is 0 Å². The van der Waals surface area contributed by atoms with Crippen molar-refractivity contribution in [3.05, 3.63) is 41.5 Å². The van der Waals surface area contributed by atoms with Crippen LogP contribution in [0.5, 0.6) is 17.6 Å². The van der Waals surface area contributed by atoms with Crippen LogP contribution in [0.4, 0.5) is 19.0 Å². The van der Waals surface area contributed by atoms with E-state index in [9.17, 15) is 13.9 Å². The van der Waals surface area contributed by atoms with Crippen molar-refractivity contribution in [2.75, 3.05) is 50.8 Å². The Morgan fingerprint density at radius 3 is 2.80 bits per heavy atom. The fraction of sp³-hybridized carbons (Fsp3) is 0.441. The van der Waals surface area contributed by atoms with Crippen LogP contribution in [0.1, 0.15) is 37.7 Å². The summed E-state index contributed by atoms with van der Waals surface area (Å²) in [6.07, 6.45) is 8.61. The molecule has 0 spiro atoms. The molecule has 2 aromatic heterocycles. The Bertz CT molecular complexity index is 1910. The standard InChI is InChI=1S/C34H33F3N6O3/c1-2-23-25(36)5-4-19-14-22(44)15-24(26(19)23)29-28(37)30-27-31(43(12-13-45-32(27)39-29)21-6-9-38-10-7-21)41-33(40-30)46-18-34-8-3-11-42(34)17-20(35)16-34/h1,4-5,14-15,20-21,38,44H,3,6-13,16-18H2/t20-,34+/m1/s1. The van der Waals surface area contributed by atoms with Gasteiger partial charge in [0.05, 0.1) is 17.6 Å². The van der Waals surface area contributed by atoms with Crippen molar-refractivity contribution in [3.63, 3.8) is 0 Å². The minimum Gasteiger partial charge on any atom is -0.508 e. The fourth-order valence-corrected chi connectivity index (χ4v) is 7.88. The summed E-state index contributed by atoms with van der Waals surface area (Å²) in [4.78, 5) is 18.3. The first-order valence-electron chi connectivity index (χ1n) is 15.8. The molecule has 0 saturated carbocycles. The molecule has 0 bridgehead atoms. The van der Waals surface area contributed by atoms with E-state index < -0.39 is 23.3 Å². The number of alkyl halides is 1. The van der Waals surface area contributed by atoms with Crippen molar-refractivity contribution in [2.45, 2.75) is 49.9 Å². The van der Waals surface area contributed by atoms with E-state index in [1.807, 2.05) is 0 Å². The third-order valence-electron chi connectivity index (χ3n) is 9.99. The van der Waals surface area contributed by atoms with Gasteiger partial charge in [-0.15, -0.1) is 6.42 Å². The number of rotatable bonds is 5.